The fourth-order valence-corrected chi connectivity index (χ4v) is 1.39. The molecular formula is C11H16N4O3. The molecule has 4 N–H and O–H groups in total. The summed E-state index contributed by atoms with van der Waals surface area (Å²) in [6, 6.07) is 0.734. The lowest BCUT2D eigenvalue weighted by Gasteiger charge is -2.23. The number of aryl methyl sites for hydroxylation is 1. The summed E-state index contributed by atoms with van der Waals surface area (Å²) in [4.78, 5) is 27.8. The minimum absolute atomic E-state index is 0.0145. The van der Waals surface area contributed by atoms with Crippen LogP contribution < -0.4 is 11.2 Å². The van der Waals surface area contributed by atoms with Crippen molar-refractivity contribution >= 4 is 11.7 Å². The number of pyridine rings is 1. The fourth-order valence-electron chi connectivity index (χ4n) is 1.39. The average molecular weight is 252 g/mol. The molecule has 18 heavy (non-hydrogen) atoms. The van der Waals surface area contributed by atoms with Crippen molar-refractivity contribution in [1.29, 1.82) is 0 Å². The van der Waals surface area contributed by atoms with E-state index in [4.69, 9.17) is 10.9 Å². The number of aromatic amines is 1. The molecule has 0 spiro atoms. The maximum atomic E-state index is 12.1. The van der Waals surface area contributed by atoms with Crippen molar-refractivity contribution in [2.75, 3.05) is 7.05 Å². The van der Waals surface area contributed by atoms with Crippen LogP contribution in [0.5, 0.6) is 0 Å². The second-order valence-electron chi connectivity index (χ2n) is 4.01. The van der Waals surface area contributed by atoms with Crippen LogP contribution in [0.2, 0.25) is 0 Å². The van der Waals surface area contributed by atoms with E-state index in [0.29, 0.717) is 5.69 Å². The Labute approximate surface area is 104 Å². The summed E-state index contributed by atoms with van der Waals surface area (Å²) in [7, 11) is 1.48. The first-order chi connectivity index (χ1) is 8.38. The van der Waals surface area contributed by atoms with Crippen molar-refractivity contribution in [1.82, 2.24) is 9.88 Å². The summed E-state index contributed by atoms with van der Waals surface area (Å²) in [5.41, 5.74) is 5.73. The Hall–Kier alpha value is -2.31. The van der Waals surface area contributed by atoms with Gasteiger partial charge in [0.25, 0.3) is 5.91 Å². The number of hydrogen-bond donors (Lipinski definition) is 3. The Morgan fingerprint density at radius 2 is 2.22 bits per heavy atom. The molecule has 0 aliphatic carbocycles. The molecule has 0 radical (unpaired) electrons. The van der Waals surface area contributed by atoms with Gasteiger partial charge in [0.05, 0.1) is 6.04 Å². The first kappa shape index (κ1) is 13.8. The van der Waals surface area contributed by atoms with Crippen molar-refractivity contribution in [3.8, 4) is 0 Å². The summed E-state index contributed by atoms with van der Waals surface area (Å²) >= 11 is 0. The first-order valence-electron chi connectivity index (χ1n) is 5.32. The van der Waals surface area contributed by atoms with Crippen molar-refractivity contribution in [3.63, 3.8) is 0 Å². The molecule has 1 aromatic heterocycles. The second kappa shape index (κ2) is 5.35. The normalized spacial score (nSPS) is 13.2. The fraction of sp³-hybridized carbons (Fsp3) is 0.364. The Balaban J connectivity index is 3.04. The van der Waals surface area contributed by atoms with E-state index in [1.165, 1.54) is 24.2 Å². The zero-order chi connectivity index (χ0) is 13.9. The molecule has 0 bridgehead atoms. The Bertz CT molecular complexity index is 535. The van der Waals surface area contributed by atoms with Crippen LogP contribution >= 0.6 is 0 Å². The topological polar surface area (TPSA) is 112 Å². The zero-order valence-electron chi connectivity index (χ0n) is 10.5. The predicted octanol–water partition coefficient (Wildman–Crippen LogP) is -0.110. The molecule has 1 atom stereocenters. The quantitative estimate of drug-likeness (QED) is 0.301. The highest BCUT2D eigenvalue weighted by atomic mass is 16.4. The summed E-state index contributed by atoms with van der Waals surface area (Å²) in [6.45, 7) is 3.31. The number of amidine groups is 1. The standard InChI is InChI=1S/C11H16N4O3/c1-6-4-9(16)8(5-13-6)11(17)15(3)7(2)10(12)14-18/h4-5,7,18H,1-3H3,(H2,12,14)(H,13,16). The van der Waals surface area contributed by atoms with E-state index >= 15 is 0 Å². The van der Waals surface area contributed by atoms with Gasteiger partial charge in [-0.15, -0.1) is 0 Å². The third-order valence-electron chi connectivity index (χ3n) is 2.73. The Morgan fingerprint density at radius 1 is 1.61 bits per heavy atom. The van der Waals surface area contributed by atoms with Crippen LogP contribution in [0.15, 0.2) is 22.2 Å². The van der Waals surface area contributed by atoms with E-state index < -0.39 is 11.9 Å². The third kappa shape index (κ3) is 2.68. The van der Waals surface area contributed by atoms with Gasteiger partial charge in [-0.2, -0.15) is 0 Å². The number of carbonyl (C=O) groups excluding carboxylic acids is 1. The van der Waals surface area contributed by atoms with Gasteiger partial charge in [-0.1, -0.05) is 5.16 Å². The highest BCUT2D eigenvalue weighted by Crippen LogP contribution is 2.03. The molecule has 1 rings (SSSR count). The number of aromatic nitrogens is 1. The predicted molar refractivity (Wildman–Crippen MR) is 66.8 cm³/mol. The molecular weight excluding hydrogens is 236 g/mol. The smallest absolute Gasteiger partial charge is 0.259 e. The van der Waals surface area contributed by atoms with Crippen LogP contribution in [0.4, 0.5) is 0 Å². The van der Waals surface area contributed by atoms with Gasteiger partial charge in [0, 0.05) is 25.0 Å². The van der Waals surface area contributed by atoms with Gasteiger partial charge in [-0.25, -0.2) is 0 Å². The van der Waals surface area contributed by atoms with Crippen LogP contribution in [0.1, 0.15) is 23.0 Å². The van der Waals surface area contributed by atoms with E-state index in [9.17, 15) is 9.59 Å². The lowest BCUT2D eigenvalue weighted by Crippen LogP contribution is -2.45. The van der Waals surface area contributed by atoms with Gasteiger partial charge >= 0.3 is 0 Å². The summed E-state index contributed by atoms with van der Waals surface area (Å²) in [5, 5.41) is 11.4. The number of nitrogens with two attached hydrogens (primary N) is 1. The number of hydrogen-bond acceptors (Lipinski definition) is 4. The number of nitrogens with one attached hydrogen (secondary N) is 1. The van der Waals surface area contributed by atoms with E-state index in [-0.39, 0.29) is 16.8 Å². The minimum atomic E-state index is -0.608. The van der Waals surface area contributed by atoms with E-state index in [1.54, 1.807) is 13.8 Å². The first-order valence-corrected chi connectivity index (χ1v) is 5.32. The van der Waals surface area contributed by atoms with E-state index in [2.05, 4.69) is 10.1 Å². The van der Waals surface area contributed by atoms with Crippen molar-refractivity contribution < 1.29 is 10.0 Å². The van der Waals surface area contributed by atoms with Crippen LogP contribution in [-0.2, 0) is 0 Å². The number of amides is 1. The average Bonchev–Trinajstić information content (AvgIpc) is 2.35. The molecule has 1 aromatic rings. The van der Waals surface area contributed by atoms with Crippen molar-refractivity contribution in [3.05, 3.63) is 33.7 Å². The Kier molecular flexibility index (Phi) is 4.09. The highest BCUT2D eigenvalue weighted by molar-refractivity contribution is 5.97. The van der Waals surface area contributed by atoms with E-state index in [1.807, 2.05) is 0 Å². The molecule has 0 aromatic carbocycles. The molecule has 0 aliphatic rings. The maximum Gasteiger partial charge on any atom is 0.259 e. The van der Waals surface area contributed by atoms with Crippen LogP contribution in [0.3, 0.4) is 0 Å². The number of rotatable bonds is 3. The van der Waals surface area contributed by atoms with Gasteiger partial charge in [0.1, 0.15) is 5.56 Å². The number of H-pyrrole nitrogens is 1. The van der Waals surface area contributed by atoms with Crippen LogP contribution in [0.25, 0.3) is 0 Å². The van der Waals surface area contributed by atoms with Crippen LogP contribution in [0, 0.1) is 6.92 Å². The van der Waals surface area contributed by atoms with Gasteiger partial charge in [-0.3, -0.25) is 9.59 Å². The van der Waals surface area contributed by atoms with Gasteiger partial charge < -0.3 is 20.8 Å². The summed E-state index contributed by atoms with van der Waals surface area (Å²) < 4.78 is 0. The van der Waals surface area contributed by atoms with Gasteiger partial charge in [0.15, 0.2) is 11.3 Å². The lowest BCUT2D eigenvalue weighted by molar-refractivity contribution is 0.0774. The molecule has 1 unspecified atom stereocenters. The SMILES string of the molecule is Cc1cc(=O)c(C(=O)N(C)C(C)C(N)=NO)c[nH]1. The Morgan fingerprint density at radius 3 is 2.72 bits per heavy atom. The number of oxime groups is 1. The maximum absolute atomic E-state index is 12.1. The van der Waals surface area contributed by atoms with Crippen LogP contribution in [-0.4, -0.2) is 39.9 Å². The zero-order valence-corrected chi connectivity index (χ0v) is 10.5. The number of carbonyl (C=O) groups is 1. The largest absolute Gasteiger partial charge is 0.409 e. The molecule has 98 valence electrons. The second-order valence-corrected chi connectivity index (χ2v) is 4.01. The summed E-state index contributed by atoms with van der Waals surface area (Å²) in [6.07, 6.45) is 1.36. The van der Waals surface area contributed by atoms with Crippen molar-refractivity contribution in [2.45, 2.75) is 19.9 Å². The molecule has 0 saturated heterocycles. The number of likely N-dealkylation sites (N-methyl/N-ethyl adjacent to an activating group) is 1. The molecule has 1 amide bonds. The van der Waals surface area contributed by atoms with Gasteiger partial charge in [0.2, 0.25) is 0 Å². The molecule has 1 heterocycles. The van der Waals surface area contributed by atoms with E-state index in [0.717, 1.165) is 0 Å². The van der Waals surface area contributed by atoms with Gasteiger partial charge in [-0.05, 0) is 13.8 Å². The minimum Gasteiger partial charge on any atom is -0.409 e. The molecule has 0 aliphatic heterocycles. The molecule has 0 fully saturated rings. The molecule has 0 saturated carbocycles. The van der Waals surface area contributed by atoms with Crippen molar-refractivity contribution in [2.24, 2.45) is 10.9 Å². The summed E-state index contributed by atoms with van der Waals surface area (Å²) in [5.74, 6) is -0.593. The molecule has 7 heteroatoms. The monoisotopic (exact) mass is 252 g/mol. The highest BCUT2D eigenvalue weighted by Gasteiger charge is 2.22. The lowest BCUT2D eigenvalue weighted by atomic mass is 10.2. The number of nitrogens with zero attached hydrogens (tertiary/aromatic N) is 2. The molecule has 7 nitrogen and oxygen atoms in total. The third-order valence-corrected chi connectivity index (χ3v) is 2.73.